The topological polar surface area (TPSA) is 91.3 Å². The third kappa shape index (κ3) is 5.85. The second-order valence-electron chi connectivity index (χ2n) is 10.6. The van der Waals surface area contributed by atoms with E-state index in [-0.39, 0.29) is 17.1 Å². The number of piperidine rings is 1. The molecule has 2 amide bonds. The molecule has 2 heterocycles. The van der Waals surface area contributed by atoms with Crippen LogP contribution >= 0.6 is 0 Å². The molecule has 2 saturated heterocycles. The van der Waals surface area contributed by atoms with E-state index in [1.165, 1.54) is 29.9 Å². The fourth-order valence-corrected chi connectivity index (χ4v) is 5.54. The zero-order valence-corrected chi connectivity index (χ0v) is 22.6. The predicted molar refractivity (Wildman–Crippen MR) is 143 cm³/mol. The highest BCUT2D eigenvalue weighted by Crippen LogP contribution is 2.33. The van der Waals surface area contributed by atoms with Crippen LogP contribution in [0.2, 0.25) is 0 Å². The Morgan fingerprint density at radius 2 is 1.86 bits per heavy atom. The van der Waals surface area contributed by atoms with Crippen LogP contribution in [0.15, 0.2) is 30.3 Å². The quantitative estimate of drug-likeness (QED) is 0.505. The van der Waals surface area contributed by atoms with E-state index in [9.17, 15) is 14.7 Å². The van der Waals surface area contributed by atoms with E-state index in [2.05, 4.69) is 43.1 Å². The first-order valence-corrected chi connectivity index (χ1v) is 13.1. The number of aryl methyl sites for hydroxylation is 1. The van der Waals surface area contributed by atoms with Crippen molar-refractivity contribution in [1.29, 1.82) is 0 Å². The molecular weight excluding hydrogens is 470 g/mol. The Morgan fingerprint density at radius 3 is 2.49 bits per heavy atom. The van der Waals surface area contributed by atoms with E-state index in [1.54, 1.807) is 12.1 Å². The fraction of sp³-hybridized carbons (Fsp3) is 0.517. The van der Waals surface area contributed by atoms with Crippen molar-refractivity contribution >= 4 is 12.0 Å². The van der Waals surface area contributed by atoms with Crippen molar-refractivity contribution < 1.29 is 24.2 Å². The molecule has 8 nitrogen and oxygen atoms in total. The number of urea groups is 1. The van der Waals surface area contributed by atoms with E-state index < -0.39 is 5.97 Å². The van der Waals surface area contributed by atoms with Crippen LogP contribution in [-0.4, -0.2) is 65.8 Å². The molecule has 4 rings (SSSR count). The predicted octanol–water partition coefficient (Wildman–Crippen LogP) is 4.78. The lowest BCUT2D eigenvalue weighted by Crippen LogP contribution is -2.52. The summed E-state index contributed by atoms with van der Waals surface area (Å²) in [7, 11) is 1.45. The monoisotopic (exact) mass is 509 g/mol. The highest BCUT2D eigenvalue weighted by Gasteiger charge is 2.44. The van der Waals surface area contributed by atoms with Crippen molar-refractivity contribution in [3.05, 3.63) is 58.1 Å². The number of methoxy groups -OCH3 is 1. The molecule has 200 valence electrons. The highest BCUT2D eigenvalue weighted by atomic mass is 16.5. The van der Waals surface area contributed by atoms with Gasteiger partial charge in [0.15, 0.2) is 0 Å². The number of hydrogen-bond donors (Lipinski definition) is 2. The van der Waals surface area contributed by atoms with Crippen molar-refractivity contribution in [2.75, 3.05) is 33.4 Å². The van der Waals surface area contributed by atoms with Crippen LogP contribution in [0.1, 0.15) is 72.1 Å². The van der Waals surface area contributed by atoms with Gasteiger partial charge in [0.2, 0.25) is 0 Å². The summed E-state index contributed by atoms with van der Waals surface area (Å²) in [6.45, 7) is 13.0. The van der Waals surface area contributed by atoms with Crippen molar-refractivity contribution in [2.24, 2.45) is 0 Å². The molecule has 0 unspecified atom stereocenters. The second kappa shape index (κ2) is 11.0. The number of carbonyl (C=O) groups is 2. The fourth-order valence-electron chi connectivity index (χ4n) is 5.54. The van der Waals surface area contributed by atoms with Gasteiger partial charge in [0.05, 0.1) is 19.3 Å². The number of hydrogen-bond acceptors (Lipinski definition) is 5. The first-order chi connectivity index (χ1) is 17.6. The average molecular weight is 510 g/mol. The standard InChI is InChI=1S/C29H39N3O5/c1-6-37-25-15-22(24(19(2)3)13-20(25)4)17-31-11-9-29(10-12-31)18-32(28(35)30-29)16-21-7-8-23(27(33)34)26(14-21)36-5/h7-8,13-15,19H,6,9-12,16-18H2,1-5H3,(H,30,35)(H,33,34). The molecule has 0 atom stereocenters. The largest absolute Gasteiger partial charge is 0.496 e. The molecule has 2 aromatic rings. The van der Waals surface area contributed by atoms with Crippen LogP contribution < -0.4 is 14.8 Å². The zero-order valence-electron chi connectivity index (χ0n) is 22.6. The molecule has 0 aliphatic carbocycles. The average Bonchev–Trinajstić information content (AvgIpc) is 3.16. The molecule has 37 heavy (non-hydrogen) atoms. The number of nitrogens with zero attached hydrogens (tertiary/aromatic N) is 2. The Kier molecular flexibility index (Phi) is 7.97. The maximum Gasteiger partial charge on any atom is 0.339 e. The van der Waals surface area contributed by atoms with Crippen LogP contribution in [-0.2, 0) is 13.1 Å². The number of carboxylic acid groups (broad SMARTS) is 1. The Bertz CT molecular complexity index is 1150. The number of ether oxygens (including phenoxy) is 2. The van der Waals surface area contributed by atoms with Crippen LogP contribution in [0, 0.1) is 6.92 Å². The molecule has 2 fully saturated rings. The van der Waals surface area contributed by atoms with Gasteiger partial charge in [-0.1, -0.05) is 26.0 Å². The van der Waals surface area contributed by atoms with Gasteiger partial charge in [-0.15, -0.1) is 0 Å². The summed E-state index contributed by atoms with van der Waals surface area (Å²) >= 11 is 0. The summed E-state index contributed by atoms with van der Waals surface area (Å²) in [5.41, 5.74) is 4.59. The number of nitrogens with one attached hydrogen (secondary N) is 1. The van der Waals surface area contributed by atoms with Gasteiger partial charge in [0.25, 0.3) is 0 Å². The molecule has 0 aromatic heterocycles. The van der Waals surface area contributed by atoms with Crippen molar-refractivity contribution in [3.63, 3.8) is 0 Å². The molecule has 1 spiro atoms. The van der Waals surface area contributed by atoms with Crippen LogP contribution in [0.5, 0.6) is 11.5 Å². The van der Waals surface area contributed by atoms with E-state index in [0.717, 1.165) is 43.8 Å². The van der Waals surface area contributed by atoms with Gasteiger partial charge in [-0.25, -0.2) is 9.59 Å². The molecular formula is C29H39N3O5. The van der Waals surface area contributed by atoms with E-state index >= 15 is 0 Å². The maximum absolute atomic E-state index is 12.9. The first kappa shape index (κ1) is 26.8. The summed E-state index contributed by atoms with van der Waals surface area (Å²) in [6, 6.07) is 9.39. The van der Waals surface area contributed by atoms with Crippen LogP contribution in [0.4, 0.5) is 4.79 Å². The third-order valence-electron chi connectivity index (χ3n) is 7.59. The Hall–Kier alpha value is -3.26. The minimum atomic E-state index is -1.03. The summed E-state index contributed by atoms with van der Waals surface area (Å²) in [6.07, 6.45) is 1.77. The summed E-state index contributed by atoms with van der Waals surface area (Å²) < 4.78 is 11.1. The molecule has 2 aliphatic rings. The van der Waals surface area contributed by atoms with Crippen LogP contribution in [0.3, 0.4) is 0 Å². The molecule has 2 aliphatic heterocycles. The minimum absolute atomic E-state index is 0.0725. The van der Waals surface area contributed by atoms with Gasteiger partial charge < -0.3 is 24.8 Å². The molecule has 0 radical (unpaired) electrons. The number of amides is 2. The lowest BCUT2D eigenvalue weighted by atomic mass is 9.87. The van der Waals surface area contributed by atoms with E-state index in [1.807, 2.05) is 11.8 Å². The number of carbonyl (C=O) groups excluding carboxylic acids is 1. The maximum atomic E-state index is 12.9. The first-order valence-electron chi connectivity index (χ1n) is 13.1. The number of aromatic carboxylic acids is 1. The minimum Gasteiger partial charge on any atom is -0.496 e. The summed E-state index contributed by atoms with van der Waals surface area (Å²) in [4.78, 5) is 28.5. The Labute approximate surface area is 219 Å². The third-order valence-corrected chi connectivity index (χ3v) is 7.59. The number of carboxylic acids is 1. The number of rotatable bonds is 9. The van der Waals surface area contributed by atoms with E-state index in [4.69, 9.17) is 9.47 Å². The van der Waals surface area contributed by atoms with Gasteiger partial charge in [-0.2, -0.15) is 0 Å². The summed E-state index contributed by atoms with van der Waals surface area (Å²) in [5, 5.41) is 12.6. The normalized spacial score (nSPS) is 17.4. The van der Waals surface area contributed by atoms with Crippen molar-refractivity contribution in [1.82, 2.24) is 15.1 Å². The van der Waals surface area contributed by atoms with Gasteiger partial charge >= 0.3 is 12.0 Å². The number of benzene rings is 2. The van der Waals surface area contributed by atoms with E-state index in [0.29, 0.717) is 31.4 Å². The Balaban J connectivity index is 1.40. The molecule has 2 aromatic carbocycles. The molecule has 8 heteroatoms. The lowest BCUT2D eigenvalue weighted by Gasteiger charge is -2.39. The SMILES string of the molecule is CCOc1cc(CN2CCC3(CC2)CN(Cc2ccc(C(=O)O)c(OC)c2)C(=O)N3)c(C(C)C)cc1C. The Morgan fingerprint density at radius 1 is 1.14 bits per heavy atom. The summed E-state index contributed by atoms with van der Waals surface area (Å²) in [5.74, 6) is 0.666. The van der Waals surface area contributed by atoms with Crippen molar-refractivity contribution in [3.8, 4) is 11.5 Å². The smallest absolute Gasteiger partial charge is 0.339 e. The lowest BCUT2D eigenvalue weighted by molar-refractivity contribution is 0.0693. The van der Waals surface area contributed by atoms with Crippen molar-refractivity contribution in [2.45, 2.75) is 65.1 Å². The molecule has 2 N–H and O–H groups in total. The highest BCUT2D eigenvalue weighted by molar-refractivity contribution is 5.91. The number of likely N-dealkylation sites (tertiary alicyclic amines) is 1. The van der Waals surface area contributed by atoms with Gasteiger partial charge in [0.1, 0.15) is 17.1 Å². The molecule has 0 bridgehead atoms. The zero-order chi connectivity index (χ0) is 26.7. The van der Waals surface area contributed by atoms with Gasteiger partial charge in [-0.3, -0.25) is 4.90 Å². The van der Waals surface area contributed by atoms with Gasteiger partial charge in [-0.05, 0) is 73.1 Å². The van der Waals surface area contributed by atoms with Gasteiger partial charge in [0, 0.05) is 32.7 Å². The van der Waals surface area contributed by atoms with Crippen LogP contribution in [0.25, 0.3) is 0 Å². The molecule has 0 saturated carbocycles. The second-order valence-corrected chi connectivity index (χ2v) is 10.6.